The molecule has 0 unspecified atom stereocenters. The summed E-state index contributed by atoms with van der Waals surface area (Å²) in [6.07, 6.45) is 2.77. The number of hydrogen-bond acceptors (Lipinski definition) is 6. The fourth-order valence-electron chi connectivity index (χ4n) is 2.85. The Morgan fingerprint density at radius 1 is 1.32 bits per heavy atom. The van der Waals surface area contributed by atoms with Gasteiger partial charge in [-0.2, -0.15) is 5.26 Å². The highest BCUT2D eigenvalue weighted by Crippen LogP contribution is 2.32. The van der Waals surface area contributed by atoms with Gasteiger partial charge in [0, 0.05) is 32.1 Å². The van der Waals surface area contributed by atoms with E-state index in [0.717, 1.165) is 0 Å². The van der Waals surface area contributed by atoms with E-state index in [4.69, 9.17) is 21.6 Å². The minimum absolute atomic E-state index is 0.0180. The molecule has 2 aromatic rings. The van der Waals surface area contributed by atoms with Gasteiger partial charge in [-0.15, -0.1) is 0 Å². The first-order chi connectivity index (χ1) is 12.1. The van der Waals surface area contributed by atoms with Crippen molar-refractivity contribution in [3.63, 3.8) is 0 Å². The molecule has 0 saturated carbocycles. The first-order valence-corrected chi connectivity index (χ1v) is 8.17. The number of nitriles is 1. The number of aromatic nitrogens is 1. The number of nitro groups is 1. The molecule has 1 aromatic heterocycles. The largest absolute Gasteiger partial charge is 0.489 e. The molecule has 0 amide bonds. The van der Waals surface area contributed by atoms with E-state index >= 15 is 0 Å². The predicted octanol–water partition coefficient (Wildman–Crippen LogP) is 3.56. The third kappa shape index (κ3) is 3.64. The zero-order valence-electron chi connectivity index (χ0n) is 13.3. The van der Waals surface area contributed by atoms with E-state index < -0.39 is 4.92 Å². The summed E-state index contributed by atoms with van der Waals surface area (Å²) in [7, 11) is 0. The van der Waals surface area contributed by atoms with Gasteiger partial charge >= 0.3 is 5.69 Å². The Morgan fingerprint density at radius 2 is 2.04 bits per heavy atom. The molecule has 7 nitrogen and oxygen atoms in total. The summed E-state index contributed by atoms with van der Waals surface area (Å²) >= 11 is 6.11. The van der Waals surface area contributed by atoms with Crippen molar-refractivity contribution in [3.8, 4) is 11.8 Å². The van der Waals surface area contributed by atoms with Crippen molar-refractivity contribution in [2.45, 2.75) is 18.9 Å². The SMILES string of the molecule is N#Cc1ccnc(N2CCC(Oc3ccccc3Cl)CC2)c1[N+](=O)[O-]. The van der Waals surface area contributed by atoms with Gasteiger partial charge in [-0.3, -0.25) is 10.1 Å². The number of rotatable bonds is 4. The quantitative estimate of drug-likeness (QED) is 0.612. The Bertz CT molecular complexity index is 829. The number of benzene rings is 1. The van der Waals surface area contributed by atoms with Gasteiger partial charge in [0.25, 0.3) is 0 Å². The van der Waals surface area contributed by atoms with E-state index in [9.17, 15) is 10.1 Å². The average molecular weight is 359 g/mol. The second-order valence-corrected chi connectivity index (χ2v) is 6.04. The van der Waals surface area contributed by atoms with Crippen LogP contribution in [0.15, 0.2) is 36.5 Å². The summed E-state index contributed by atoms with van der Waals surface area (Å²) in [6, 6.07) is 10.5. The molecule has 0 aliphatic carbocycles. The number of halogens is 1. The number of piperidine rings is 1. The van der Waals surface area contributed by atoms with Crippen molar-refractivity contribution < 1.29 is 9.66 Å². The van der Waals surface area contributed by atoms with Crippen LogP contribution in [0.3, 0.4) is 0 Å². The first-order valence-electron chi connectivity index (χ1n) is 7.79. The van der Waals surface area contributed by atoms with Crippen LogP contribution in [0.5, 0.6) is 5.75 Å². The van der Waals surface area contributed by atoms with Crippen LogP contribution < -0.4 is 9.64 Å². The third-order valence-electron chi connectivity index (χ3n) is 4.08. The van der Waals surface area contributed by atoms with Crippen molar-refractivity contribution >= 4 is 23.1 Å². The molecule has 0 spiro atoms. The maximum Gasteiger partial charge on any atom is 0.329 e. The lowest BCUT2D eigenvalue weighted by atomic mass is 10.1. The van der Waals surface area contributed by atoms with Gasteiger partial charge in [-0.05, 0) is 18.2 Å². The van der Waals surface area contributed by atoms with Gasteiger partial charge in [0.2, 0.25) is 5.82 Å². The fourth-order valence-corrected chi connectivity index (χ4v) is 3.03. The molecule has 128 valence electrons. The number of hydrogen-bond donors (Lipinski definition) is 0. The van der Waals surface area contributed by atoms with Gasteiger partial charge in [-0.25, -0.2) is 4.98 Å². The molecule has 3 rings (SSSR count). The minimum atomic E-state index is -0.548. The van der Waals surface area contributed by atoms with Gasteiger partial charge in [0.1, 0.15) is 23.5 Å². The van der Waals surface area contributed by atoms with Crippen LogP contribution >= 0.6 is 11.6 Å². The summed E-state index contributed by atoms with van der Waals surface area (Å²) in [6.45, 7) is 1.11. The van der Waals surface area contributed by atoms with Crippen molar-refractivity contribution in [3.05, 3.63) is 57.2 Å². The van der Waals surface area contributed by atoms with E-state index in [1.807, 2.05) is 29.2 Å². The number of nitrogens with zero attached hydrogens (tertiary/aromatic N) is 4. The van der Waals surface area contributed by atoms with Gasteiger partial charge in [-0.1, -0.05) is 23.7 Å². The number of pyridine rings is 1. The molecular weight excluding hydrogens is 344 g/mol. The molecule has 2 heterocycles. The molecule has 1 fully saturated rings. The smallest absolute Gasteiger partial charge is 0.329 e. The maximum atomic E-state index is 11.3. The Morgan fingerprint density at radius 3 is 2.68 bits per heavy atom. The molecule has 1 saturated heterocycles. The summed E-state index contributed by atoms with van der Waals surface area (Å²) in [5, 5.41) is 21.0. The van der Waals surface area contributed by atoms with Gasteiger partial charge in [0.15, 0.2) is 0 Å². The van der Waals surface area contributed by atoms with Crippen molar-refractivity contribution in [2.75, 3.05) is 18.0 Å². The molecule has 0 bridgehead atoms. The normalized spacial score (nSPS) is 14.8. The predicted molar refractivity (Wildman–Crippen MR) is 92.9 cm³/mol. The Labute approximate surface area is 149 Å². The lowest BCUT2D eigenvalue weighted by Crippen LogP contribution is -2.39. The standard InChI is InChI=1S/C17H15ClN4O3/c18-14-3-1-2-4-15(14)25-13-6-9-21(10-7-13)17-16(22(23)24)12(11-19)5-8-20-17/h1-5,8,13H,6-7,9-10H2. The highest BCUT2D eigenvalue weighted by Gasteiger charge is 2.29. The van der Waals surface area contributed by atoms with E-state index in [0.29, 0.717) is 36.7 Å². The molecule has 8 heteroatoms. The minimum Gasteiger partial charge on any atom is -0.489 e. The van der Waals surface area contributed by atoms with Crippen LogP contribution in [-0.2, 0) is 0 Å². The van der Waals surface area contributed by atoms with Crippen molar-refractivity contribution in [1.82, 2.24) is 4.98 Å². The monoisotopic (exact) mass is 358 g/mol. The first kappa shape index (κ1) is 17.0. The second kappa shape index (κ2) is 7.36. The van der Waals surface area contributed by atoms with Crippen LogP contribution in [0.1, 0.15) is 18.4 Å². The Kier molecular flexibility index (Phi) is 5.00. The molecule has 1 aliphatic rings. The summed E-state index contributed by atoms with van der Waals surface area (Å²) in [5.74, 6) is 0.874. The molecule has 0 N–H and O–H groups in total. The van der Waals surface area contributed by atoms with Gasteiger partial charge < -0.3 is 9.64 Å². The zero-order chi connectivity index (χ0) is 17.8. The number of para-hydroxylation sites is 1. The summed E-state index contributed by atoms with van der Waals surface area (Å²) < 4.78 is 5.93. The molecule has 0 radical (unpaired) electrons. The van der Waals surface area contributed by atoms with Crippen molar-refractivity contribution in [1.29, 1.82) is 5.26 Å². The van der Waals surface area contributed by atoms with E-state index in [2.05, 4.69) is 4.98 Å². The lowest BCUT2D eigenvalue weighted by molar-refractivity contribution is -0.384. The van der Waals surface area contributed by atoms with Crippen LogP contribution in [-0.4, -0.2) is 29.1 Å². The van der Waals surface area contributed by atoms with E-state index in [-0.39, 0.29) is 23.2 Å². The second-order valence-electron chi connectivity index (χ2n) is 5.63. The number of anilines is 1. The number of ether oxygens (including phenoxy) is 1. The van der Waals surface area contributed by atoms with Crippen molar-refractivity contribution in [2.24, 2.45) is 0 Å². The Hall–Kier alpha value is -2.85. The summed E-state index contributed by atoms with van der Waals surface area (Å²) in [4.78, 5) is 16.7. The molecular formula is C17H15ClN4O3. The summed E-state index contributed by atoms with van der Waals surface area (Å²) in [5.41, 5.74) is -0.222. The lowest BCUT2D eigenvalue weighted by Gasteiger charge is -2.32. The van der Waals surface area contributed by atoms with Crippen LogP contribution in [0, 0.1) is 21.4 Å². The highest BCUT2D eigenvalue weighted by molar-refractivity contribution is 6.32. The third-order valence-corrected chi connectivity index (χ3v) is 4.39. The van der Waals surface area contributed by atoms with E-state index in [1.54, 1.807) is 6.07 Å². The van der Waals surface area contributed by atoms with Crippen LogP contribution in [0.4, 0.5) is 11.5 Å². The molecule has 25 heavy (non-hydrogen) atoms. The highest BCUT2D eigenvalue weighted by atomic mass is 35.5. The molecule has 0 atom stereocenters. The Balaban J connectivity index is 1.72. The fraction of sp³-hybridized carbons (Fsp3) is 0.294. The van der Waals surface area contributed by atoms with Crippen LogP contribution in [0.2, 0.25) is 5.02 Å². The zero-order valence-corrected chi connectivity index (χ0v) is 14.0. The molecule has 1 aromatic carbocycles. The van der Waals surface area contributed by atoms with Gasteiger partial charge in [0.05, 0.1) is 9.95 Å². The molecule has 1 aliphatic heterocycles. The maximum absolute atomic E-state index is 11.3. The van der Waals surface area contributed by atoms with Crippen LogP contribution in [0.25, 0.3) is 0 Å². The average Bonchev–Trinajstić information content (AvgIpc) is 2.63. The van der Waals surface area contributed by atoms with E-state index in [1.165, 1.54) is 12.3 Å². The topological polar surface area (TPSA) is 92.3 Å².